The Morgan fingerprint density at radius 2 is 2.09 bits per heavy atom. The molecule has 0 aliphatic heterocycles. The number of rotatable bonds is 8. The Balaban J connectivity index is 1.77. The van der Waals surface area contributed by atoms with Crippen LogP contribution in [0.1, 0.15) is 36.6 Å². The number of benzene rings is 1. The summed E-state index contributed by atoms with van der Waals surface area (Å²) in [5, 5.41) is 4.14. The molecule has 0 radical (unpaired) electrons. The van der Waals surface area contributed by atoms with E-state index in [0.29, 0.717) is 23.2 Å². The number of carbonyl (C=O) groups excluding carboxylic acids is 1. The molecule has 33 heavy (non-hydrogen) atoms. The van der Waals surface area contributed by atoms with Gasteiger partial charge in [-0.1, -0.05) is 24.2 Å². The molecule has 1 N–H and O–H groups in total. The van der Waals surface area contributed by atoms with Gasteiger partial charge in [0, 0.05) is 24.1 Å². The molecule has 0 bridgehead atoms. The Labute approximate surface area is 201 Å². The van der Waals surface area contributed by atoms with E-state index >= 15 is 0 Å². The molecule has 176 valence electrons. The first-order valence-electron chi connectivity index (χ1n) is 11.1. The average Bonchev–Trinajstić information content (AvgIpc) is 2.99. The van der Waals surface area contributed by atoms with Crippen molar-refractivity contribution in [2.75, 3.05) is 26.6 Å². The van der Waals surface area contributed by atoms with Gasteiger partial charge < -0.3 is 14.8 Å². The third-order valence-electron chi connectivity index (χ3n) is 5.68. The molecule has 1 aromatic carbocycles. The molecular formula is C24H29N3O4S2. The second-order valence-corrected chi connectivity index (χ2v) is 10.2. The van der Waals surface area contributed by atoms with Gasteiger partial charge in [0.15, 0.2) is 5.16 Å². The van der Waals surface area contributed by atoms with Crippen molar-refractivity contribution in [1.29, 1.82) is 0 Å². The number of nitrogens with one attached hydrogen (secondary N) is 1. The van der Waals surface area contributed by atoms with Crippen molar-refractivity contribution in [2.45, 2.75) is 50.2 Å². The van der Waals surface area contributed by atoms with E-state index in [1.165, 1.54) is 23.1 Å². The van der Waals surface area contributed by atoms with Crippen molar-refractivity contribution in [3.63, 3.8) is 0 Å². The van der Waals surface area contributed by atoms with Crippen LogP contribution in [0, 0.1) is 0 Å². The summed E-state index contributed by atoms with van der Waals surface area (Å²) in [5.41, 5.74) is 1.76. The summed E-state index contributed by atoms with van der Waals surface area (Å²) >= 11 is 2.89. The number of ether oxygens (including phenoxy) is 2. The first kappa shape index (κ1) is 23.8. The Bertz CT molecular complexity index is 1200. The van der Waals surface area contributed by atoms with Gasteiger partial charge in [-0.15, -0.1) is 11.3 Å². The van der Waals surface area contributed by atoms with Gasteiger partial charge >= 0.3 is 0 Å². The van der Waals surface area contributed by atoms with Gasteiger partial charge in [-0.05, 0) is 50.3 Å². The summed E-state index contributed by atoms with van der Waals surface area (Å²) in [6, 6.07) is 7.30. The molecule has 2 aromatic heterocycles. The number of fused-ring (bicyclic) bond motifs is 3. The van der Waals surface area contributed by atoms with Crippen LogP contribution in [0.25, 0.3) is 15.9 Å². The monoisotopic (exact) mass is 487 g/mol. The fourth-order valence-electron chi connectivity index (χ4n) is 4.18. The minimum atomic E-state index is -0.127. The van der Waals surface area contributed by atoms with Gasteiger partial charge in [0.2, 0.25) is 5.91 Å². The summed E-state index contributed by atoms with van der Waals surface area (Å²) in [5.74, 6) is 0.685. The average molecular weight is 488 g/mol. The Hall–Kier alpha value is -2.36. The van der Waals surface area contributed by atoms with Crippen molar-refractivity contribution < 1.29 is 14.3 Å². The quantitative estimate of drug-likeness (QED) is 0.294. The van der Waals surface area contributed by atoms with Crippen LogP contribution in [0.4, 0.5) is 0 Å². The van der Waals surface area contributed by atoms with Crippen LogP contribution >= 0.6 is 23.1 Å². The van der Waals surface area contributed by atoms with E-state index in [4.69, 9.17) is 14.5 Å². The minimum Gasteiger partial charge on any atom is -0.497 e. The molecule has 1 aliphatic carbocycles. The molecule has 1 aliphatic rings. The van der Waals surface area contributed by atoms with Gasteiger partial charge in [0.05, 0.1) is 30.5 Å². The highest BCUT2D eigenvalue weighted by atomic mass is 32.2. The van der Waals surface area contributed by atoms with Gasteiger partial charge in [-0.3, -0.25) is 14.2 Å². The highest BCUT2D eigenvalue weighted by Crippen LogP contribution is 2.34. The van der Waals surface area contributed by atoms with E-state index < -0.39 is 0 Å². The van der Waals surface area contributed by atoms with E-state index in [0.717, 1.165) is 41.5 Å². The predicted molar refractivity (Wildman–Crippen MR) is 133 cm³/mol. The first-order chi connectivity index (χ1) is 16.0. The minimum absolute atomic E-state index is 0.0803. The number of amides is 1. The summed E-state index contributed by atoms with van der Waals surface area (Å²) in [4.78, 5) is 33.3. The van der Waals surface area contributed by atoms with Crippen molar-refractivity contribution in [3.05, 3.63) is 45.1 Å². The fraction of sp³-hybridized carbons (Fsp3) is 0.458. The van der Waals surface area contributed by atoms with Crippen LogP contribution in [0.3, 0.4) is 0 Å². The van der Waals surface area contributed by atoms with Crippen molar-refractivity contribution in [3.8, 4) is 11.4 Å². The van der Waals surface area contributed by atoms with E-state index in [1.807, 2.05) is 31.2 Å². The van der Waals surface area contributed by atoms with Crippen LogP contribution in [-0.4, -0.2) is 48.1 Å². The van der Waals surface area contributed by atoms with Crippen LogP contribution in [0.5, 0.6) is 5.75 Å². The molecular weight excluding hydrogens is 458 g/mol. The number of hydrogen-bond donors (Lipinski definition) is 1. The number of thiophene rings is 1. The van der Waals surface area contributed by atoms with Gasteiger partial charge in [-0.25, -0.2) is 4.98 Å². The molecule has 9 heteroatoms. The number of thioether (sulfide) groups is 1. The molecule has 0 saturated carbocycles. The molecule has 4 rings (SSSR count). The molecule has 1 atom stereocenters. The number of carbonyl (C=O) groups is 1. The SMILES string of the molecule is COCC(C)NC(=O)CSc1nc2sc3c(c2c(=O)n1-c1cccc(OC)c1)CCCCC3. The summed E-state index contributed by atoms with van der Waals surface area (Å²) in [6.07, 6.45) is 5.33. The molecule has 0 spiro atoms. The molecule has 3 aromatic rings. The second-order valence-electron chi connectivity index (χ2n) is 8.19. The Morgan fingerprint density at radius 3 is 2.88 bits per heavy atom. The number of hydrogen-bond acceptors (Lipinski definition) is 7. The Kier molecular flexibility index (Phi) is 7.72. The highest BCUT2D eigenvalue weighted by Gasteiger charge is 2.23. The maximum absolute atomic E-state index is 13.9. The van der Waals surface area contributed by atoms with Crippen LogP contribution in [0.2, 0.25) is 0 Å². The summed E-state index contributed by atoms with van der Waals surface area (Å²) < 4.78 is 12.1. The highest BCUT2D eigenvalue weighted by molar-refractivity contribution is 7.99. The van der Waals surface area contributed by atoms with Crippen LogP contribution < -0.4 is 15.6 Å². The van der Waals surface area contributed by atoms with E-state index in [-0.39, 0.29) is 23.3 Å². The molecule has 1 unspecified atom stereocenters. The van der Waals surface area contributed by atoms with E-state index in [1.54, 1.807) is 30.1 Å². The van der Waals surface area contributed by atoms with Crippen LogP contribution in [0.15, 0.2) is 34.2 Å². The van der Waals surface area contributed by atoms with E-state index in [2.05, 4.69) is 5.32 Å². The Morgan fingerprint density at radius 1 is 1.27 bits per heavy atom. The van der Waals surface area contributed by atoms with Crippen molar-refractivity contribution in [2.24, 2.45) is 0 Å². The molecule has 7 nitrogen and oxygen atoms in total. The van der Waals surface area contributed by atoms with Crippen LogP contribution in [-0.2, 0) is 22.4 Å². The smallest absolute Gasteiger partial charge is 0.267 e. The fourth-order valence-corrected chi connectivity index (χ4v) is 6.30. The second kappa shape index (κ2) is 10.7. The van der Waals surface area contributed by atoms with Crippen molar-refractivity contribution in [1.82, 2.24) is 14.9 Å². The number of nitrogens with zero attached hydrogens (tertiary/aromatic N) is 2. The van der Waals surface area contributed by atoms with E-state index in [9.17, 15) is 9.59 Å². The largest absolute Gasteiger partial charge is 0.497 e. The zero-order chi connectivity index (χ0) is 23.4. The number of aromatic nitrogens is 2. The lowest BCUT2D eigenvalue weighted by Crippen LogP contribution is -2.36. The molecule has 1 amide bonds. The lowest BCUT2D eigenvalue weighted by Gasteiger charge is -2.15. The maximum atomic E-state index is 13.9. The summed E-state index contributed by atoms with van der Waals surface area (Å²) in [6.45, 7) is 2.33. The topological polar surface area (TPSA) is 82.5 Å². The lowest BCUT2D eigenvalue weighted by atomic mass is 10.1. The number of methoxy groups -OCH3 is 2. The molecule has 2 heterocycles. The first-order valence-corrected chi connectivity index (χ1v) is 12.9. The molecule has 0 fully saturated rings. The molecule has 0 saturated heterocycles. The third kappa shape index (κ3) is 5.26. The number of aryl methyl sites for hydroxylation is 2. The van der Waals surface area contributed by atoms with Gasteiger partial charge in [0.25, 0.3) is 5.56 Å². The summed E-state index contributed by atoms with van der Waals surface area (Å²) in [7, 11) is 3.20. The lowest BCUT2D eigenvalue weighted by molar-refractivity contribution is -0.119. The van der Waals surface area contributed by atoms with Gasteiger partial charge in [0.1, 0.15) is 10.6 Å². The van der Waals surface area contributed by atoms with Crippen molar-refractivity contribution >= 4 is 39.2 Å². The van der Waals surface area contributed by atoms with Gasteiger partial charge in [-0.2, -0.15) is 0 Å². The maximum Gasteiger partial charge on any atom is 0.267 e. The predicted octanol–water partition coefficient (Wildman–Crippen LogP) is 3.97. The normalized spacial score (nSPS) is 14.5. The zero-order valence-corrected chi connectivity index (χ0v) is 20.8. The standard InChI is InChI=1S/C24H29N3O4S2/c1-15(13-30-2)25-20(28)14-32-24-26-22-21(18-10-5-4-6-11-19(18)33-22)23(29)27(24)16-8-7-9-17(12-16)31-3/h7-9,12,15H,4-6,10-11,13-14H2,1-3H3,(H,25,28). The third-order valence-corrected chi connectivity index (χ3v) is 7.80. The zero-order valence-electron chi connectivity index (χ0n) is 19.2.